The van der Waals surface area contributed by atoms with Crippen LogP contribution in [0.4, 0.5) is 13.2 Å². The number of alkyl halides is 1. The summed E-state index contributed by atoms with van der Waals surface area (Å²) in [6.07, 6.45) is 0. The van der Waals surface area contributed by atoms with E-state index in [1.807, 2.05) is 0 Å². The van der Waals surface area contributed by atoms with Crippen molar-refractivity contribution in [2.75, 3.05) is 0 Å². The fourth-order valence-corrected chi connectivity index (χ4v) is 1.84. The van der Waals surface area contributed by atoms with Gasteiger partial charge in [-0.2, -0.15) is 0 Å². The molecule has 88 valence electrons. The molecule has 2 aromatic carbocycles. The number of hydrogen-bond acceptors (Lipinski definition) is 0. The molecule has 2 rings (SSSR count). The second-order valence-electron chi connectivity index (χ2n) is 3.62. The van der Waals surface area contributed by atoms with Gasteiger partial charge in [-0.1, -0.05) is 12.1 Å². The molecule has 0 heterocycles. The van der Waals surface area contributed by atoms with Crippen molar-refractivity contribution >= 4 is 11.6 Å². The van der Waals surface area contributed by atoms with Gasteiger partial charge in [0.1, 0.15) is 17.5 Å². The van der Waals surface area contributed by atoms with Gasteiger partial charge in [0, 0.05) is 6.07 Å². The van der Waals surface area contributed by atoms with Gasteiger partial charge in [-0.3, -0.25) is 0 Å². The van der Waals surface area contributed by atoms with E-state index < -0.39 is 22.8 Å². The summed E-state index contributed by atoms with van der Waals surface area (Å²) >= 11 is 6.05. The van der Waals surface area contributed by atoms with Crippen LogP contribution in [0.5, 0.6) is 0 Å². The van der Waals surface area contributed by atoms with E-state index in [0.717, 1.165) is 18.2 Å². The van der Waals surface area contributed by atoms with Gasteiger partial charge in [-0.15, -0.1) is 11.6 Å². The maximum Gasteiger partial charge on any atom is 0.126 e. The van der Waals surface area contributed by atoms with E-state index >= 15 is 0 Å². The molecular weight excluding hydrogens is 249 g/mol. The third-order valence-corrected chi connectivity index (χ3v) is 2.82. The molecule has 0 aliphatic rings. The minimum Gasteiger partial charge on any atom is -0.207 e. The zero-order valence-corrected chi connectivity index (χ0v) is 9.39. The van der Waals surface area contributed by atoms with Gasteiger partial charge in [0.05, 0.1) is 5.38 Å². The molecule has 0 aliphatic heterocycles. The van der Waals surface area contributed by atoms with Gasteiger partial charge in [-0.25, -0.2) is 13.2 Å². The van der Waals surface area contributed by atoms with Crippen molar-refractivity contribution < 1.29 is 13.2 Å². The van der Waals surface area contributed by atoms with Crippen LogP contribution in [-0.2, 0) is 0 Å². The molecule has 0 saturated heterocycles. The Kier molecular flexibility index (Phi) is 3.38. The lowest BCUT2D eigenvalue weighted by molar-refractivity contribution is 0.580. The van der Waals surface area contributed by atoms with Crippen LogP contribution in [0.25, 0.3) is 0 Å². The van der Waals surface area contributed by atoms with Crippen molar-refractivity contribution in [2.45, 2.75) is 5.38 Å². The van der Waals surface area contributed by atoms with Gasteiger partial charge < -0.3 is 0 Å². The second-order valence-corrected chi connectivity index (χ2v) is 4.06. The number of rotatable bonds is 2. The van der Waals surface area contributed by atoms with Crippen LogP contribution in [0.3, 0.4) is 0 Å². The average Bonchev–Trinajstić information content (AvgIpc) is 2.26. The largest absolute Gasteiger partial charge is 0.207 e. The molecule has 2 aromatic rings. The number of hydrogen-bond donors (Lipinski definition) is 0. The average molecular weight is 257 g/mol. The lowest BCUT2D eigenvalue weighted by Gasteiger charge is -2.10. The Morgan fingerprint density at radius 1 is 0.765 bits per heavy atom. The molecule has 17 heavy (non-hydrogen) atoms. The lowest BCUT2D eigenvalue weighted by Crippen LogP contribution is -1.96. The van der Waals surface area contributed by atoms with Gasteiger partial charge in [0.15, 0.2) is 0 Å². The maximum absolute atomic E-state index is 13.0. The Morgan fingerprint density at radius 2 is 1.35 bits per heavy atom. The van der Waals surface area contributed by atoms with Crippen LogP contribution in [0.1, 0.15) is 16.5 Å². The Labute approximate surface area is 102 Å². The van der Waals surface area contributed by atoms with E-state index in [0.29, 0.717) is 5.56 Å². The molecule has 0 spiro atoms. The normalized spacial score (nSPS) is 12.5. The summed E-state index contributed by atoms with van der Waals surface area (Å²) in [7, 11) is 0. The molecule has 0 N–H and O–H groups in total. The highest BCUT2D eigenvalue weighted by Gasteiger charge is 2.13. The molecule has 0 aromatic heterocycles. The summed E-state index contributed by atoms with van der Waals surface area (Å²) in [4.78, 5) is 0. The van der Waals surface area contributed by atoms with Crippen molar-refractivity contribution in [3.05, 3.63) is 71.0 Å². The van der Waals surface area contributed by atoms with Crippen LogP contribution in [0.15, 0.2) is 42.5 Å². The zero-order chi connectivity index (χ0) is 12.4. The van der Waals surface area contributed by atoms with Gasteiger partial charge in [0.2, 0.25) is 0 Å². The first kappa shape index (κ1) is 12.0. The van der Waals surface area contributed by atoms with Crippen molar-refractivity contribution in [1.29, 1.82) is 0 Å². The van der Waals surface area contributed by atoms with Crippen molar-refractivity contribution in [3.8, 4) is 0 Å². The van der Waals surface area contributed by atoms with E-state index in [-0.39, 0.29) is 5.56 Å². The van der Waals surface area contributed by atoms with Crippen molar-refractivity contribution in [2.24, 2.45) is 0 Å². The highest BCUT2D eigenvalue weighted by Crippen LogP contribution is 2.29. The number of halogens is 4. The maximum atomic E-state index is 13.0. The minimum atomic E-state index is -0.782. The monoisotopic (exact) mass is 256 g/mol. The molecule has 0 radical (unpaired) electrons. The molecule has 0 nitrogen and oxygen atoms in total. The summed E-state index contributed by atoms with van der Waals surface area (Å²) in [5.41, 5.74) is 0.714. The SMILES string of the molecule is Fc1cccc(C(Cl)c2cc(F)cc(F)c2)c1. The van der Waals surface area contributed by atoms with Crippen LogP contribution in [-0.4, -0.2) is 0 Å². The van der Waals surface area contributed by atoms with Crippen LogP contribution >= 0.6 is 11.6 Å². The fourth-order valence-electron chi connectivity index (χ4n) is 1.58. The molecule has 0 amide bonds. The first-order valence-electron chi connectivity index (χ1n) is 4.92. The molecule has 0 aliphatic carbocycles. The van der Waals surface area contributed by atoms with Crippen molar-refractivity contribution in [3.63, 3.8) is 0 Å². The van der Waals surface area contributed by atoms with Crippen LogP contribution < -0.4 is 0 Å². The fraction of sp³-hybridized carbons (Fsp3) is 0.0769. The van der Waals surface area contributed by atoms with E-state index in [4.69, 9.17) is 11.6 Å². The quantitative estimate of drug-likeness (QED) is 0.697. The standard InChI is InChI=1S/C13H8ClF3/c14-13(8-2-1-3-10(15)4-8)9-5-11(16)7-12(17)6-9/h1-7,13H. The third kappa shape index (κ3) is 2.80. The minimum absolute atomic E-state index is 0.259. The highest BCUT2D eigenvalue weighted by molar-refractivity contribution is 6.22. The molecule has 0 saturated carbocycles. The van der Waals surface area contributed by atoms with Crippen molar-refractivity contribution in [1.82, 2.24) is 0 Å². The predicted molar refractivity (Wildman–Crippen MR) is 60.5 cm³/mol. The summed E-state index contributed by atoms with van der Waals surface area (Å²) < 4.78 is 39.0. The van der Waals surface area contributed by atoms with E-state index in [9.17, 15) is 13.2 Å². The second kappa shape index (κ2) is 4.80. The molecule has 0 bridgehead atoms. The molecule has 1 unspecified atom stereocenters. The summed E-state index contributed by atoms with van der Waals surface area (Å²) in [6.45, 7) is 0. The van der Waals surface area contributed by atoms with E-state index in [1.165, 1.54) is 18.2 Å². The molecule has 1 atom stereocenters. The van der Waals surface area contributed by atoms with Gasteiger partial charge in [0.25, 0.3) is 0 Å². The third-order valence-electron chi connectivity index (χ3n) is 2.32. The van der Waals surface area contributed by atoms with Crippen LogP contribution in [0.2, 0.25) is 0 Å². The smallest absolute Gasteiger partial charge is 0.126 e. The molecular formula is C13H8ClF3. The summed E-state index contributed by atoms with van der Waals surface area (Å²) in [5.74, 6) is -1.85. The van der Waals surface area contributed by atoms with E-state index in [2.05, 4.69) is 0 Å². The Morgan fingerprint density at radius 3 is 1.94 bits per heavy atom. The lowest BCUT2D eigenvalue weighted by atomic mass is 10.0. The number of benzene rings is 2. The topological polar surface area (TPSA) is 0 Å². The summed E-state index contributed by atoms with van der Waals surface area (Å²) in [6, 6.07) is 8.63. The predicted octanol–water partition coefficient (Wildman–Crippen LogP) is 4.43. The Balaban J connectivity index is 2.39. The Hall–Kier alpha value is -1.48. The highest BCUT2D eigenvalue weighted by atomic mass is 35.5. The summed E-state index contributed by atoms with van der Waals surface area (Å²) in [5, 5.41) is -0.782. The Bertz CT molecular complexity index is 520. The first-order valence-corrected chi connectivity index (χ1v) is 5.35. The molecule has 0 fully saturated rings. The van der Waals surface area contributed by atoms with Crippen LogP contribution in [0, 0.1) is 17.5 Å². The van der Waals surface area contributed by atoms with Gasteiger partial charge >= 0.3 is 0 Å². The molecule has 4 heteroatoms. The first-order chi connectivity index (χ1) is 8.06. The van der Waals surface area contributed by atoms with E-state index in [1.54, 1.807) is 6.07 Å². The van der Waals surface area contributed by atoms with Gasteiger partial charge in [-0.05, 0) is 35.4 Å². The zero-order valence-electron chi connectivity index (χ0n) is 8.63.